The molecule has 4 aliphatic heterocycles. The van der Waals surface area contributed by atoms with E-state index < -0.39 is 0 Å². The zero-order valence-electron chi connectivity index (χ0n) is 7.95. The van der Waals surface area contributed by atoms with Crippen LogP contribution in [0.5, 0.6) is 0 Å². The molecule has 5 fully saturated rings. The molecule has 4 saturated heterocycles. The topological polar surface area (TPSA) is 35.5 Å². The second kappa shape index (κ2) is 1.98. The zero-order valence-corrected chi connectivity index (χ0v) is 7.95. The second-order valence-electron chi connectivity index (χ2n) is 5.06. The van der Waals surface area contributed by atoms with Gasteiger partial charge in [0.1, 0.15) is 6.29 Å². The van der Waals surface area contributed by atoms with Crippen LogP contribution in [0.1, 0.15) is 26.7 Å². The maximum Gasteiger partial charge on any atom is 0.159 e. The van der Waals surface area contributed by atoms with Gasteiger partial charge >= 0.3 is 0 Å². The van der Waals surface area contributed by atoms with Crippen molar-refractivity contribution in [2.24, 2.45) is 11.3 Å². The smallest absolute Gasteiger partial charge is 0.159 e. The standard InChI is InChI=1S/C10H14O3/c1-9(2)8-6-3-10(8,5-11)4-7(12-6)13-9/h5-8H,3-4H2,1-2H3/t6-,7-,8?,10-/m1/s1. The summed E-state index contributed by atoms with van der Waals surface area (Å²) in [6, 6.07) is 0. The summed E-state index contributed by atoms with van der Waals surface area (Å²) in [4.78, 5) is 11.1. The van der Waals surface area contributed by atoms with Crippen LogP contribution in [0, 0.1) is 11.3 Å². The number of fused-ring (bicyclic) bond motifs is 1. The van der Waals surface area contributed by atoms with E-state index in [1.807, 2.05) is 0 Å². The van der Waals surface area contributed by atoms with Gasteiger partial charge < -0.3 is 14.3 Å². The van der Waals surface area contributed by atoms with Gasteiger partial charge in [0.25, 0.3) is 0 Å². The van der Waals surface area contributed by atoms with Crippen LogP contribution in [-0.2, 0) is 14.3 Å². The summed E-state index contributed by atoms with van der Waals surface area (Å²) in [5.41, 5.74) is -0.291. The van der Waals surface area contributed by atoms with Crippen molar-refractivity contribution < 1.29 is 14.3 Å². The van der Waals surface area contributed by atoms with E-state index in [2.05, 4.69) is 13.8 Å². The monoisotopic (exact) mass is 182 g/mol. The molecule has 0 spiro atoms. The van der Waals surface area contributed by atoms with Gasteiger partial charge in [-0.05, 0) is 20.3 Å². The van der Waals surface area contributed by atoms with Crippen LogP contribution in [0.25, 0.3) is 0 Å². The van der Waals surface area contributed by atoms with E-state index in [1.165, 1.54) is 0 Å². The molecule has 5 rings (SSSR count). The number of aldehydes is 1. The first-order valence-electron chi connectivity index (χ1n) is 4.87. The lowest BCUT2D eigenvalue weighted by atomic mass is 9.49. The van der Waals surface area contributed by atoms with Gasteiger partial charge in [0.15, 0.2) is 6.29 Å². The quantitative estimate of drug-likeness (QED) is 0.570. The fraction of sp³-hybridized carbons (Fsp3) is 0.900. The van der Waals surface area contributed by atoms with Gasteiger partial charge in [-0.15, -0.1) is 0 Å². The van der Waals surface area contributed by atoms with E-state index in [1.54, 1.807) is 0 Å². The number of hydrogen-bond acceptors (Lipinski definition) is 3. The van der Waals surface area contributed by atoms with Crippen molar-refractivity contribution in [1.29, 1.82) is 0 Å². The van der Waals surface area contributed by atoms with Gasteiger partial charge in [0.05, 0.1) is 11.7 Å². The summed E-state index contributed by atoms with van der Waals surface area (Å²) in [7, 11) is 0. The highest BCUT2D eigenvalue weighted by Crippen LogP contribution is 2.63. The van der Waals surface area contributed by atoms with Gasteiger partial charge in [0, 0.05) is 17.8 Å². The number of ether oxygens (including phenoxy) is 2. The molecule has 0 N–H and O–H groups in total. The molecule has 13 heavy (non-hydrogen) atoms. The molecule has 4 heterocycles. The first kappa shape index (κ1) is 7.94. The zero-order chi connectivity index (χ0) is 9.27. The predicted molar refractivity (Wildman–Crippen MR) is 45.0 cm³/mol. The molecular formula is C10H14O3. The molecule has 0 aromatic rings. The summed E-state index contributed by atoms with van der Waals surface area (Å²) < 4.78 is 11.4. The van der Waals surface area contributed by atoms with Crippen molar-refractivity contribution in [2.75, 3.05) is 0 Å². The highest BCUT2D eigenvalue weighted by molar-refractivity contribution is 5.64. The maximum absolute atomic E-state index is 11.1. The summed E-state index contributed by atoms with van der Waals surface area (Å²) >= 11 is 0. The Morgan fingerprint density at radius 1 is 1.38 bits per heavy atom. The van der Waals surface area contributed by atoms with Crippen molar-refractivity contribution in [3.05, 3.63) is 0 Å². The van der Waals surface area contributed by atoms with Crippen molar-refractivity contribution in [3.8, 4) is 0 Å². The van der Waals surface area contributed by atoms with Crippen LogP contribution in [-0.4, -0.2) is 24.3 Å². The van der Waals surface area contributed by atoms with E-state index in [0.29, 0.717) is 0 Å². The Morgan fingerprint density at radius 3 is 2.62 bits per heavy atom. The molecular weight excluding hydrogens is 168 g/mol. The Kier molecular flexibility index (Phi) is 1.21. The van der Waals surface area contributed by atoms with Crippen LogP contribution < -0.4 is 0 Å². The summed E-state index contributed by atoms with van der Waals surface area (Å²) in [6.07, 6.45) is 2.94. The molecule has 4 atom stereocenters. The average molecular weight is 182 g/mol. The Hall–Kier alpha value is -0.410. The Balaban J connectivity index is 2.02. The van der Waals surface area contributed by atoms with Gasteiger partial charge in [-0.1, -0.05) is 0 Å². The minimum atomic E-state index is -0.176. The molecule has 5 aliphatic rings. The third-order valence-corrected chi connectivity index (χ3v) is 3.86. The van der Waals surface area contributed by atoms with Crippen LogP contribution in [0.15, 0.2) is 0 Å². The summed E-state index contributed by atoms with van der Waals surface area (Å²) in [5, 5.41) is 0. The van der Waals surface area contributed by atoms with Crippen molar-refractivity contribution in [1.82, 2.24) is 0 Å². The first-order valence-corrected chi connectivity index (χ1v) is 4.87. The van der Waals surface area contributed by atoms with E-state index >= 15 is 0 Å². The number of carbonyl (C=O) groups excluding carboxylic acids is 1. The Labute approximate surface area is 77.4 Å². The average Bonchev–Trinajstić information content (AvgIpc) is 1.99. The third-order valence-electron chi connectivity index (χ3n) is 3.86. The lowest BCUT2D eigenvalue weighted by molar-refractivity contribution is -0.405. The van der Waals surface area contributed by atoms with Crippen LogP contribution in [0.4, 0.5) is 0 Å². The molecule has 0 radical (unpaired) electrons. The predicted octanol–water partition coefficient (Wildman–Crippen LogP) is 1.12. The van der Waals surface area contributed by atoms with Gasteiger partial charge in [0.2, 0.25) is 0 Å². The molecule has 3 heteroatoms. The lowest BCUT2D eigenvalue weighted by Gasteiger charge is -2.67. The molecule has 0 amide bonds. The van der Waals surface area contributed by atoms with Crippen LogP contribution in [0.2, 0.25) is 0 Å². The number of rotatable bonds is 1. The molecule has 4 bridgehead atoms. The summed E-state index contributed by atoms with van der Waals surface area (Å²) in [6.45, 7) is 4.13. The third kappa shape index (κ3) is 0.754. The largest absolute Gasteiger partial charge is 0.349 e. The highest BCUT2D eigenvalue weighted by atomic mass is 16.7. The number of carbonyl (C=O) groups is 1. The summed E-state index contributed by atoms with van der Waals surface area (Å²) in [5.74, 6) is 0.280. The fourth-order valence-electron chi connectivity index (χ4n) is 3.51. The first-order chi connectivity index (χ1) is 6.07. The van der Waals surface area contributed by atoms with E-state index in [9.17, 15) is 4.79 Å². The van der Waals surface area contributed by atoms with Crippen molar-refractivity contribution in [2.45, 2.75) is 44.7 Å². The van der Waals surface area contributed by atoms with Gasteiger partial charge in [-0.3, -0.25) is 0 Å². The van der Waals surface area contributed by atoms with Gasteiger partial charge in [-0.2, -0.15) is 0 Å². The van der Waals surface area contributed by atoms with E-state index in [-0.39, 0.29) is 29.3 Å². The van der Waals surface area contributed by atoms with E-state index in [0.717, 1.165) is 19.1 Å². The maximum atomic E-state index is 11.1. The second-order valence-corrected chi connectivity index (χ2v) is 5.06. The minimum Gasteiger partial charge on any atom is -0.349 e. The minimum absolute atomic E-state index is 0.116. The highest BCUT2D eigenvalue weighted by Gasteiger charge is 2.69. The Bertz CT molecular complexity index is 273. The fourth-order valence-corrected chi connectivity index (χ4v) is 3.51. The van der Waals surface area contributed by atoms with Crippen molar-refractivity contribution >= 4 is 6.29 Å². The lowest BCUT2D eigenvalue weighted by Crippen LogP contribution is -2.73. The van der Waals surface area contributed by atoms with Crippen LogP contribution in [0.3, 0.4) is 0 Å². The van der Waals surface area contributed by atoms with Gasteiger partial charge in [-0.25, -0.2) is 0 Å². The molecule has 1 aliphatic carbocycles. The van der Waals surface area contributed by atoms with Crippen molar-refractivity contribution in [3.63, 3.8) is 0 Å². The Morgan fingerprint density at radius 2 is 2.15 bits per heavy atom. The molecule has 0 aromatic carbocycles. The molecule has 72 valence electrons. The molecule has 3 nitrogen and oxygen atoms in total. The molecule has 1 saturated carbocycles. The van der Waals surface area contributed by atoms with Crippen LogP contribution >= 0.6 is 0 Å². The van der Waals surface area contributed by atoms with E-state index in [4.69, 9.17) is 9.47 Å². The normalized spacial score (nSPS) is 55.7. The number of hydrogen-bond donors (Lipinski definition) is 0. The SMILES string of the molecule is CC1(C)O[C@@H]2C[C@@]3(C=O)C[C@@H](O2)C13. The molecule has 1 unspecified atom stereocenters. The molecule has 0 aromatic heterocycles.